The summed E-state index contributed by atoms with van der Waals surface area (Å²) in [4.78, 5) is 27.6. The van der Waals surface area contributed by atoms with Gasteiger partial charge in [-0.2, -0.15) is 5.06 Å². The van der Waals surface area contributed by atoms with Gasteiger partial charge in [-0.25, -0.2) is 4.39 Å². The summed E-state index contributed by atoms with van der Waals surface area (Å²) in [6.07, 6.45) is -3.07. The van der Waals surface area contributed by atoms with Gasteiger partial charge < -0.3 is 14.9 Å². The van der Waals surface area contributed by atoms with Gasteiger partial charge in [-0.15, -0.1) is 0 Å². The van der Waals surface area contributed by atoms with Gasteiger partial charge in [-0.05, 0) is 0 Å². The zero-order valence-corrected chi connectivity index (χ0v) is 7.06. The Kier molecular flexibility index (Phi) is 2.21. The van der Waals surface area contributed by atoms with Crippen LogP contribution in [0.2, 0.25) is 0 Å². The van der Waals surface area contributed by atoms with Crippen LogP contribution in [0.4, 0.5) is 4.39 Å². The highest BCUT2D eigenvalue weighted by Crippen LogP contribution is 2.57. The molecule has 2 atom stereocenters. The van der Waals surface area contributed by atoms with E-state index in [0.717, 1.165) is 0 Å². The molecular formula is C4H7FNO6P. The van der Waals surface area contributed by atoms with E-state index in [-0.39, 0.29) is 0 Å². The Morgan fingerprint density at radius 3 is 2.23 bits per heavy atom. The zero-order chi connectivity index (χ0) is 10.4. The lowest BCUT2D eigenvalue weighted by Crippen LogP contribution is -2.35. The number of aliphatic hydroxyl groups is 1. The van der Waals surface area contributed by atoms with Crippen LogP contribution in [0.3, 0.4) is 0 Å². The first kappa shape index (κ1) is 10.6. The summed E-state index contributed by atoms with van der Waals surface area (Å²) < 4.78 is 23.7. The predicted molar refractivity (Wildman–Crippen MR) is 35.1 cm³/mol. The number of rotatable bonds is 1. The molecule has 1 saturated heterocycles. The van der Waals surface area contributed by atoms with Gasteiger partial charge in [0.05, 0.1) is 6.42 Å². The number of carbonyl (C=O) groups excluding carboxylic acids is 1. The van der Waals surface area contributed by atoms with E-state index < -0.39 is 36.6 Å². The molecule has 0 aromatic carbocycles. The van der Waals surface area contributed by atoms with E-state index in [1.165, 1.54) is 0 Å². The highest BCUT2D eigenvalue weighted by atomic mass is 31.2. The molecule has 13 heavy (non-hydrogen) atoms. The second kappa shape index (κ2) is 2.73. The highest BCUT2D eigenvalue weighted by Gasteiger charge is 2.63. The number of halogens is 1. The van der Waals surface area contributed by atoms with E-state index in [1.807, 2.05) is 0 Å². The molecule has 1 aliphatic rings. The van der Waals surface area contributed by atoms with E-state index >= 15 is 0 Å². The molecule has 1 heterocycles. The summed E-state index contributed by atoms with van der Waals surface area (Å²) in [7, 11) is -5.33. The van der Waals surface area contributed by atoms with Crippen LogP contribution in [-0.4, -0.2) is 42.7 Å². The van der Waals surface area contributed by atoms with Gasteiger partial charge in [0.25, 0.3) is 11.3 Å². The Morgan fingerprint density at radius 1 is 1.62 bits per heavy atom. The van der Waals surface area contributed by atoms with Crippen LogP contribution in [-0.2, 0) is 9.36 Å². The first-order chi connectivity index (χ1) is 5.70. The van der Waals surface area contributed by atoms with Crippen molar-refractivity contribution < 1.29 is 33.9 Å². The molecule has 4 N–H and O–H groups in total. The minimum absolute atomic E-state index is 0.431. The van der Waals surface area contributed by atoms with E-state index in [0.29, 0.717) is 0 Å². The van der Waals surface area contributed by atoms with Crippen LogP contribution in [0.1, 0.15) is 6.42 Å². The van der Waals surface area contributed by atoms with Crippen LogP contribution in [0.15, 0.2) is 0 Å². The third-order valence-electron chi connectivity index (χ3n) is 1.73. The summed E-state index contributed by atoms with van der Waals surface area (Å²) in [5.41, 5.74) is 0. The number of amides is 1. The Morgan fingerprint density at radius 2 is 2.08 bits per heavy atom. The molecule has 0 spiro atoms. The molecule has 1 rings (SSSR count). The fourth-order valence-electron chi connectivity index (χ4n) is 0.970. The fourth-order valence-corrected chi connectivity index (χ4v) is 1.72. The molecule has 7 nitrogen and oxygen atoms in total. The zero-order valence-electron chi connectivity index (χ0n) is 6.16. The van der Waals surface area contributed by atoms with E-state index in [1.54, 1.807) is 0 Å². The Labute approximate surface area is 71.5 Å². The van der Waals surface area contributed by atoms with Crippen molar-refractivity contribution in [2.24, 2.45) is 0 Å². The van der Waals surface area contributed by atoms with Gasteiger partial charge >= 0.3 is 7.60 Å². The van der Waals surface area contributed by atoms with E-state index in [9.17, 15) is 13.8 Å². The van der Waals surface area contributed by atoms with E-state index in [2.05, 4.69) is 0 Å². The van der Waals surface area contributed by atoms with Crippen molar-refractivity contribution in [3.05, 3.63) is 0 Å². The maximum absolute atomic E-state index is 13.2. The smallest absolute Gasteiger partial charge is 0.371 e. The second-order valence-electron chi connectivity index (χ2n) is 2.64. The second-order valence-corrected chi connectivity index (χ2v) is 4.43. The van der Waals surface area contributed by atoms with Gasteiger partial charge in [0, 0.05) is 0 Å². The largest absolute Gasteiger partial charge is 0.372 e. The Balaban J connectivity index is 3.09. The molecule has 9 heteroatoms. The Hall–Kier alpha value is -0.530. The van der Waals surface area contributed by atoms with Crippen molar-refractivity contribution >= 4 is 13.5 Å². The van der Waals surface area contributed by atoms with Crippen LogP contribution in [0, 0.1) is 0 Å². The molecule has 0 aromatic heterocycles. The molecule has 0 bridgehead atoms. The van der Waals surface area contributed by atoms with Gasteiger partial charge in [0.2, 0.25) is 0 Å². The van der Waals surface area contributed by atoms with Gasteiger partial charge in [-0.1, -0.05) is 0 Å². The third-order valence-corrected chi connectivity index (χ3v) is 3.03. The van der Waals surface area contributed by atoms with Gasteiger partial charge in [0.15, 0.2) is 6.23 Å². The number of nitrogens with zero attached hydrogens (tertiary/aromatic N) is 1. The van der Waals surface area contributed by atoms with Crippen LogP contribution in [0.25, 0.3) is 0 Å². The lowest BCUT2D eigenvalue weighted by atomic mass is 10.3. The lowest BCUT2D eigenvalue weighted by Gasteiger charge is -2.17. The van der Waals surface area contributed by atoms with Crippen molar-refractivity contribution in [3.8, 4) is 0 Å². The molecular weight excluding hydrogens is 208 g/mol. The van der Waals surface area contributed by atoms with Crippen molar-refractivity contribution in [2.75, 3.05) is 0 Å². The lowest BCUT2D eigenvalue weighted by molar-refractivity contribution is -0.191. The minimum Gasteiger partial charge on any atom is -0.371 e. The highest BCUT2D eigenvalue weighted by molar-refractivity contribution is 7.54. The Bertz CT molecular complexity index is 290. The first-order valence-corrected chi connectivity index (χ1v) is 4.76. The molecule has 0 radical (unpaired) electrons. The van der Waals surface area contributed by atoms with Crippen molar-refractivity contribution in [2.45, 2.75) is 18.1 Å². The van der Waals surface area contributed by atoms with Gasteiger partial charge in [-0.3, -0.25) is 14.6 Å². The summed E-state index contributed by atoms with van der Waals surface area (Å²) >= 11 is 0. The summed E-state index contributed by atoms with van der Waals surface area (Å²) in [6.45, 7) is 0. The SMILES string of the molecule is O=C1N(O)C(O)C[C@@]1(F)P(=O)(O)O. The monoisotopic (exact) mass is 215 g/mol. The number of hydrogen-bond acceptors (Lipinski definition) is 4. The maximum atomic E-state index is 13.2. The first-order valence-electron chi connectivity index (χ1n) is 3.15. The summed E-state index contributed by atoms with van der Waals surface area (Å²) in [5, 5.41) is 13.4. The van der Waals surface area contributed by atoms with Crippen LogP contribution >= 0.6 is 7.60 Å². The predicted octanol–water partition coefficient (Wildman–Crippen LogP) is -1.23. The average Bonchev–Trinajstić information content (AvgIpc) is 2.15. The summed E-state index contributed by atoms with van der Waals surface area (Å²) in [6, 6.07) is 0. The minimum atomic E-state index is -5.33. The van der Waals surface area contributed by atoms with Crippen LogP contribution in [0.5, 0.6) is 0 Å². The molecule has 0 aliphatic carbocycles. The number of hydrogen-bond donors (Lipinski definition) is 4. The molecule has 0 aromatic rings. The standard InChI is InChI=1S/C4H7FNO6P/c5-4(13(10,11)12)1-2(7)6(9)3(4)8/h2,7,9H,1H2,(H2,10,11,12)/t2?,4-/m1/s1. The van der Waals surface area contributed by atoms with Crippen molar-refractivity contribution in [1.82, 2.24) is 5.06 Å². The molecule has 1 unspecified atom stereocenters. The van der Waals surface area contributed by atoms with Crippen LogP contribution < -0.4 is 0 Å². The fraction of sp³-hybridized carbons (Fsp3) is 0.750. The van der Waals surface area contributed by atoms with E-state index in [4.69, 9.17) is 20.1 Å². The molecule has 0 saturated carbocycles. The van der Waals surface area contributed by atoms with Gasteiger partial charge in [0.1, 0.15) is 0 Å². The maximum Gasteiger partial charge on any atom is 0.372 e. The average molecular weight is 215 g/mol. The number of carbonyl (C=O) groups is 1. The van der Waals surface area contributed by atoms with Crippen molar-refractivity contribution in [1.29, 1.82) is 0 Å². The number of hydroxylamine groups is 2. The summed E-state index contributed by atoms with van der Waals surface area (Å²) in [5.74, 6) is -1.83. The molecule has 1 amide bonds. The molecule has 1 fully saturated rings. The quantitative estimate of drug-likeness (QED) is 0.321. The topological polar surface area (TPSA) is 118 Å². The van der Waals surface area contributed by atoms with Crippen molar-refractivity contribution in [3.63, 3.8) is 0 Å². The number of alkyl halides is 1. The number of aliphatic hydroxyl groups excluding tert-OH is 1. The molecule has 76 valence electrons. The third kappa shape index (κ3) is 1.36. The molecule has 1 aliphatic heterocycles. The normalized spacial score (nSPS) is 35.6.